The molecule has 162 valence electrons. The van der Waals surface area contributed by atoms with Crippen LogP contribution in [-0.4, -0.2) is 42.6 Å². The summed E-state index contributed by atoms with van der Waals surface area (Å²) in [5.41, 5.74) is 1.73. The Morgan fingerprint density at radius 1 is 1.16 bits per heavy atom. The van der Waals surface area contributed by atoms with Gasteiger partial charge in [0.15, 0.2) is 0 Å². The number of fused-ring (bicyclic) bond motifs is 1. The maximum atomic E-state index is 14.9. The van der Waals surface area contributed by atoms with Crippen molar-refractivity contribution in [1.82, 2.24) is 10.2 Å². The summed E-state index contributed by atoms with van der Waals surface area (Å²) in [5, 5.41) is 5.34. The van der Waals surface area contributed by atoms with Crippen molar-refractivity contribution in [2.75, 3.05) is 25.0 Å². The first kappa shape index (κ1) is 19.8. The van der Waals surface area contributed by atoms with Gasteiger partial charge in [-0.3, -0.25) is 4.79 Å². The zero-order valence-corrected chi connectivity index (χ0v) is 16.9. The van der Waals surface area contributed by atoms with Crippen LogP contribution in [0.15, 0.2) is 36.4 Å². The van der Waals surface area contributed by atoms with E-state index in [4.69, 9.17) is 4.74 Å². The number of carbonyl (C=O) groups excluding carboxylic acids is 2. The number of carbonyl (C=O) groups is 2. The molecule has 6 nitrogen and oxygen atoms in total. The summed E-state index contributed by atoms with van der Waals surface area (Å²) >= 11 is 0. The molecule has 2 heterocycles. The summed E-state index contributed by atoms with van der Waals surface area (Å²) in [5.74, 6) is -0.534. The molecule has 8 heteroatoms. The van der Waals surface area contributed by atoms with E-state index in [0.717, 1.165) is 18.4 Å². The first-order chi connectivity index (χ1) is 15.0. The number of benzene rings is 2. The molecule has 2 aromatic rings. The monoisotopic (exact) mass is 427 g/mol. The number of nitrogens with zero attached hydrogens (tertiary/aromatic N) is 1. The van der Waals surface area contributed by atoms with Crippen LogP contribution >= 0.6 is 0 Å². The summed E-state index contributed by atoms with van der Waals surface area (Å²) in [6, 6.07) is 7.01. The van der Waals surface area contributed by atoms with Gasteiger partial charge >= 0.3 is 6.03 Å². The normalized spacial score (nSPS) is 22.3. The van der Waals surface area contributed by atoms with Crippen LogP contribution in [0, 0.1) is 17.6 Å². The maximum absolute atomic E-state index is 14.9. The highest BCUT2D eigenvalue weighted by molar-refractivity contribution is 5.95. The number of nitrogens with one attached hydrogen (secondary N) is 2. The van der Waals surface area contributed by atoms with Gasteiger partial charge in [-0.05, 0) is 60.2 Å². The van der Waals surface area contributed by atoms with Crippen LogP contribution in [0.25, 0.3) is 0 Å². The van der Waals surface area contributed by atoms with Crippen LogP contribution in [0.4, 0.5) is 19.3 Å². The Morgan fingerprint density at radius 2 is 1.94 bits per heavy atom. The smallest absolute Gasteiger partial charge is 0.319 e. The first-order valence-corrected chi connectivity index (χ1v) is 10.5. The molecule has 2 aromatic carbocycles. The molecule has 3 aliphatic rings. The van der Waals surface area contributed by atoms with Crippen LogP contribution in [0.5, 0.6) is 5.75 Å². The van der Waals surface area contributed by atoms with Crippen molar-refractivity contribution in [2.24, 2.45) is 5.92 Å². The Kier molecular flexibility index (Phi) is 5.00. The molecule has 2 aliphatic heterocycles. The number of halogens is 2. The van der Waals surface area contributed by atoms with Crippen molar-refractivity contribution < 1.29 is 23.1 Å². The molecule has 0 bridgehead atoms. The lowest BCUT2D eigenvalue weighted by molar-refractivity contribution is -0.129. The third kappa shape index (κ3) is 4.06. The van der Waals surface area contributed by atoms with E-state index in [1.54, 1.807) is 11.0 Å². The van der Waals surface area contributed by atoms with E-state index in [-0.39, 0.29) is 5.91 Å². The number of hydrogen-bond donors (Lipinski definition) is 2. The van der Waals surface area contributed by atoms with E-state index in [0.29, 0.717) is 49.0 Å². The summed E-state index contributed by atoms with van der Waals surface area (Å²) in [4.78, 5) is 27.4. The molecule has 1 saturated carbocycles. The second-order valence-electron chi connectivity index (χ2n) is 8.46. The summed E-state index contributed by atoms with van der Waals surface area (Å²) in [6.45, 7) is 1.49. The van der Waals surface area contributed by atoms with Crippen LogP contribution in [0.2, 0.25) is 0 Å². The molecule has 0 radical (unpaired) electrons. The fraction of sp³-hybridized carbons (Fsp3) is 0.391. The van der Waals surface area contributed by atoms with Crippen molar-refractivity contribution in [3.8, 4) is 5.75 Å². The van der Waals surface area contributed by atoms with E-state index in [1.807, 2.05) is 0 Å². The van der Waals surface area contributed by atoms with Crippen molar-refractivity contribution in [3.63, 3.8) is 0 Å². The molecular formula is C23H23F2N3O3. The van der Waals surface area contributed by atoms with Gasteiger partial charge in [-0.15, -0.1) is 0 Å². The molecule has 31 heavy (non-hydrogen) atoms. The minimum absolute atomic E-state index is 0.206. The Hall–Kier alpha value is -3.16. The average Bonchev–Trinajstić information content (AvgIpc) is 3.37. The molecule has 2 N–H and O–H groups in total. The molecule has 5 rings (SSSR count). The van der Waals surface area contributed by atoms with Gasteiger partial charge in [0.25, 0.3) is 0 Å². The van der Waals surface area contributed by atoms with Crippen LogP contribution < -0.4 is 15.4 Å². The Labute approximate surface area is 178 Å². The third-order valence-electron chi connectivity index (χ3n) is 6.17. The third-order valence-corrected chi connectivity index (χ3v) is 6.17. The number of urea groups is 1. The molecule has 0 aromatic heterocycles. The largest absolute Gasteiger partial charge is 0.493 e. The predicted molar refractivity (Wildman–Crippen MR) is 110 cm³/mol. The van der Waals surface area contributed by atoms with Gasteiger partial charge in [0, 0.05) is 37.2 Å². The molecule has 2 atom stereocenters. The van der Waals surface area contributed by atoms with Crippen LogP contribution in [0.1, 0.15) is 29.9 Å². The SMILES string of the molecule is O=C(Nc1ccc(F)cc1)NC1C(=O)N(CC2CC2)CC1c1cc2c(cc1F)OCC2. The second-order valence-corrected chi connectivity index (χ2v) is 8.46. The van der Waals surface area contributed by atoms with Crippen molar-refractivity contribution >= 4 is 17.6 Å². The Balaban J connectivity index is 1.39. The number of anilines is 1. The molecular weight excluding hydrogens is 404 g/mol. The lowest BCUT2D eigenvalue weighted by Crippen LogP contribution is -2.45. The molecule has 0 spiro atoms. The second kappa shape index (κ2) is 7.83. The standard InChI is InChI=1S/C23H23F2N3O3/c24-15-3-5-16(6-4-15)26-23(30)27-21-18(12-28(22(21)29)11-13-1-2-13)17-9-14-7-8-31-20(14)10-19(17)25/h3-6,9-10,13,18,21H,1-2,7-8,11-12H2,(H2,26,27,30). The highest BCUT2D eigenvalue weighted by atomic mass is 19.1. The van der Waals surface area contributed by atoms with Crippen molar-refractivity contribution in [1.29, 1.82) is 0 Å². The predicted octanol–water partition coefficient (Wildman–Crippen LogP) is 3.43. The zero-order chi connectivity index (χ0) is 21.5. The van der Waals surface area contributed by atoms with Gasteiger partial charge in [-0.25, -0.2) is 13.6 Å². The topological polar surface area (TPSA) is 70.7 Å². The number of amides is 3. The van der Waals surface area contributed by atoms with Gasteiger partial charge in [-0.2, -0.15) is 0 Å². The van der Waals surface area contributed by atoms with E-state index < -0.39 is 29.6 Å². The van der Waals surface area contributed by atoms with Gasteiger partial charge in [0.05, 0.1) is 6.61 Å². The fourth-order valence-electron chi connectivity index (χ4n) is 4.36. The number of hydrogen-bond acceptors (Lipinski definition) is 3. The van der Waals surface area contributed by atoms with Gasteiger partial charge in [0.2, 0.25) is 5.91 Å². The zero-order valence-electron chi connectivity index (χ0n) is 16.9. The van der Waals surface area contributed by atoms with Crippen molar-refractivity contribution in [2.45, 2.75) is 31.2 Å². The quantitative estimate of drug-likeness (QED) is 0.768. The van der Waals surface area contributed by atoms with E-state index in [2.05, 4.69) is 10.6 Å². The molecule has 3 amide bonds. The lowest BCUT2D eigenvalue weighted by atomic mass is 9.91. The molecule has 2 fully saturated rings. The molecule has 2 unspecified atom stereocenters. The van der Waals surface area contributed by atoms with E-state index in [1.165, 1.54) is 30.3 Å². The number of rotatable bonds is 5. The van der Waals surface area contributed by atoms with Crippen molar-refractivity contribution in [3.05, 3.63) is 59.2 Å². The summed E-state index contributed by atoms with van der Waals surface area (Å²) in [6.07, 6.45) is 2.86. The molecule has 1 aliphatic carbocycles. The van der Waals surface area contributed by atoms with Gasteiger partial charge in [0.1, 0.15) is 23.4 Å². The average molecular weight is 427 g/mol. The maximum Gasteiger partial charge on any atom is 0.319 e. The summed E-state index contributed by atoms with van der Waals surface area (Å²) in [7, 11) is 0. The Bertz CT molecular complexity index is 1020. The highest BCUT2D eigenvalue weighted by Crippen LogP contribution is 2.38. The van der Waals surface area contributed by atoms with Crippen LogP contribution in [-0.2, 0) is 11.2 Å². The van der Waals surface area contributed by atoms with Gasteiger partial charge in [-0.1, -0.05) is 0 Å². The fourth-order valence-corrected chi connectivity index (χ4v) is 4.36. The van der Waals surface area contributed by atoms with Crippen LogP contribution in [0.3, 0.4) is 0 Å². The number of likely N-dealkylation sites (tertiary alicyclic amines) is 1. The number of ether oxygens (including phenoxy) is 1. The minimum atomic E-state index is -0.880. The minimum Gasteiger partial charge on any atom is -0.493 e. The summed E-state index contributed by atoms with van der Waals surface area (Å²) < 4.78 is 33.5. The van der Waals surface area contributed by atoms with E-state index in [9.17, 15) is 18.4 Å². The van der Waals surface area contributed by atoms with E-state index >= 15 is 0 Å². The highest BCUT2D eigenvalue weighted by Gasteiger charge is 2.45. The lowest BCUT2D eigenvalue weighted by Gasteiger charge is -2.20. The van der Waals surface area contributed by atoms with Gasteiger partial charge < -0.3 is 20.3 Å². The molecule has 1 saturated heterocycles. The first-order valence-electron chi connectivity index (χ1n) is 10.5. The Morgan fingerprint density at radius 3 is 2.68 bits per heavy atom.